The van der Waals surface area contributed by atoms with E-state index in [1.54, 1.807) is 7.11 Å². The highest BCUT2D eigenvalue weighted by Crippen LogP contribution is 2.30. The Kier molecular flexibility index (Phi) is 7.91. The van der Waals surface area contributed by atoms with Gasteiger partial charge in [-0.25, -0.2) is 0 Å². The molecule has 1 aliphatic heterocycles. The molecule has 0 aliphatic carbocycles. The fourth-order valence-electron chi connectivity index (χ4n) is 3.99. The maximum absolute atomic E-state index is 13.0. The Hall–Kier alpha value is -2.86. The number of ether oxygens (including phenoxy) is 3. The summed E-state index contributed by atoms with van der Waals surface area (Å²) < 4.78 is 16.3. The van der Waals surface area contributed by atoms with E-state index in [-0.39, 0.29) is 37.0 Å². The van der Waals surface area contributed by atoms with Gasteiger partial charge in [0.2, 0.25) is 0 Å². The first-order valence-electron chi connectivity index (χ1n) is 11.1. The fourth-order valence-corrected chi connectivity index (χ4v) is 3.99. The second-order valence-corrected chi connectivity index (χ2v) is 9.15. The third kappa shape index (κ3) is 6.82. The van der Waals surface area contributed by atoms with Gasteiger partial charge in [-0.15, -0.1) is 0 Å². The van der Waals surface area contributed by atoms with E-state index >= 15 is 0 Å². The van der Waals surface area contributed by atoms with E-state index in [9.17, 15) is 9.59 Å². The topological polar surface area (TPSA) is 65.1 Å². The van der Waals surface area contributed by atoms with E-state index < -0.39 is 5.60 Å². The van der Waals surface area contributed by atoms with Crippen LogP contribution in [0.1, 0.15) is 51.2 Å². The molecule has 0 N–H and O–H groups in total. The first-order valence-corrected chi connectivity index (χ1v) is 11.1. The summed E-state index contributed by atoms with van der Waals surface area (Å²) in [6.07, 6.45) is 1.66. The SMILES string of the molecule is COc1ccc(COC(=O)[C@@H]2CC[C@H](CC(=O)OC(C)(C)C)N2Cc2ccccc2)cc1. The first kappa shape index (κ1) is 23.8. The second kappa shape index (κ2) is 10.6. The molecule has 2 aromatic carbocycles. The lowest BCUT2D eigenvalue weighted by molar-refractivity contribution is -0.158. The molecule has 0 unspecified atom stereocenters. The zero-order valence-electron chi connectivity index (χ0n) is 19.4. The summed E-state index contributed by atoms with van der Waals surface area (Å²) in [7, 11) is 1.62. The molecule has 0 bridgehead atoms. The minimum Gasteiger partial charge on any atom is -0.497 e. The van der Waals surface area contributed by atoms with Crippen LogP contribution in [0.3, 0.4) is 0 Å². The van der Waals surface area contributed by atoms with Gasteiger partial charge in [-0.05, 0) is 56.9 Å². The van der Waals surface area contributed by atoms with Gasteiger partial charge in [0.15, 0.2) is 0 Å². The summed E-state index contributed by atoms with van der Waals surface area (Å²) >= 11 is 0. The van der Waals surface area contributed by atoms with Crippen molar-refractivity contribution in [3.05, 3.63) is 65.7 Å². The average molecular weight is 440 g/mol. The van der Waals surface area contributed by atoms with Gasteiger partial charge < -0.3 is 14.2 Å². The van der Waals surface area contributed by atoms with Crippen LogP contribution in [0.4, 0.5) is 0 Å². The summed E-state index contributed by atoms with van der Waals surface area (Å²) in [5.41, 5.74) is 1.46. The minimum absolute atomic E-state index is 0.0661. The van der Waals surface area contributed by atoms with Crippen molar-refractivity contribution in [2.75, 3.05) is 7.11 Å². The molecule has 0 amide bonds. The summed E-state index contributed by atoms with van der Waals surface area (Å²) in [5.74, 6) is 0.256. The molecule has 3 rings (SSSR count). The molecule has 0 spiro atoms. The molecule has 1 aliphatic rings. The van der Waals surface area contributed by atoms with Crippen LogP contribution in [0.2, 0.25) is 0 Å². The summed E-state index contributed by atoms with van der Waals surface area (Å²) in [6, 6.07) is 17.0. The number of carbonyl (C=O) groups is 2. The zero-order chi connectivity index (χ0) is 23.1. The molecule has 1 fully saturated rings. The summed E-state index contributed by atoms with van der Waals surface area (Å²) in [4.78, 5) is 27.6. The number of esters is 2. The number of nitrogens with zero attached hydrogens (tertiary/aromatic N) is 1. The Labute approximate surface area is 190 Å². The van der Waals surface area contributed by atoms with E-state index in [0.29, 0.717) is 13.0 Å². The van der Waals surface area contributed by atoms with Crippen LogP contribution in [0, 0.1) is 0 Å². The number of methoxy groups -OCH3 is 1. The molecule has 1 heterocycles. The Morgan fingerprint density at radius 2 is 1.66 bits per heavy atom. The smallest absolute Gasteiger partial charge is 0.323 e. The fraction of sp³-hybridized carbons (Fsp3) is 0.462. The molecule has 32 heavy (non-hydrogen) atoms. The third-order valence-electron chi connectivity index (χ3n) is 5.49. The van der Waals surface area contributed by atoms with Gasteiger partial charge in [-0.3, -0.25) is 14.5 Å². The quantitative estimate of drug-likeness (QED) is 0.564. The first-order chi connectivity index (χ1) is 15.2. The van der Waals surface area contributed by atoms with Gasteiger partial charge in [0.1, 0.15) is 24.0 Å². The van der Waals surface area contributed by atoms with Crippen LogP contribution in [0.5, 0.6) is 5.75 Å². The number of hydrogen-bond donors (Lipinski definition) is 0. The lowest BCUT2D eigenvalue weighted by atomic mass is 10.1. The molecular weight excluding hydrogens is 406 g/mol. The second-order valence-electron chi connectivity index (χ2n) is 9.15. The van der Waals surface area contributed by atoms with E-state index in [4.69, 9.17) is 14.2 Å². The molecule has 0 saturated carbocycles. The molecular formula is C26H33NO5. The maximum atomic E-state index is 13.0. The molecule has 2 atom stereocenters. The largest absolute Gasteiger partial charge is 0.497 e. The van der Waals surface area contributed by atoms with Gasteiger partial charge in [0.25, 0.3) is 0 Å². The van der Waals surface area contributed by atoms with Crippen LogP contribution in [0.25, 0.3) is 0 Å². The zero-order valence-corrected chi connectivity index (χ0v) is 19.4. The number of carbonyl (C=O) groups excluding carboxylic acids is 2. The van der Waals surface area contributed by atoms with Crippen LogP contribution in [0.15, 0.2) is 54.6 Å². The van der Waals surface area contributed by atoms with Gasteiger partial charge >= 0.3 is 11.9 Å². The van der Waals surface area contributed by atoms with Crippen molar-refractivity contribution in [2.24, 2.45) is 0 Å². The van der Waals surface area contributed by atoms with E-state index in [2.05, 4.69) is 4.90 Å². The van der Waals surface area contributed by atoms with E-state index in [1.807, 2.05) is 75.4 Å². The molecule has 0 radical (unpaired) electrons. The van der Waals surface area contributed by atoms with Crippen molar-refractivity contribution >= 4 is 11.9 Å². The van der Waals surface area contributed by atoms with Crippen molar-refractivity contribution in [3.63, 3.8) is 0 Å². The van der Waals surface area contributed by atoms with Crippen molar-refractivity contribution < 1.29 is 23.8 Å². The Morgan fingerprint density at radius 3 is 2.28 bits per heavy atom. The highest BCUT2D eigenvalue weighted by molar-refractivity contribution is 5.77. The van der Waals surface area contributed by atoms with Crippen LogP contribution in [-0.4, -0.2) is 41.6 Å². The Bertz CT molecular complexity index is 889. The third-order valence-corrected chi connectivity index (χ3v) is 5.49. The van der Waals surface area contributed by atoms with Crippen molar-refractivity contribution in [3.8, 4) is 5.75 Å². The van der Waals surface area contributed by atoms with Crippen molar-refractivity contribution in [2.45, 2.75) is 70.9 Å². The van der Waals surface area contributed by atoms with Crippen LogP contribution >= 0.6 is 0 Å². The molecule has 6 heteroatoms. The molecule has 0 aromatic heterocycles. The Morgan fingerprint density at radius 1 is 0.969 bits per heavy atom. The summed E-state index contributed by atoms with van der Waals surface area (Å²) in [6.45, 7) is 6.37. The number of hydrogen-bond acceptors (Lipinski definition) is 6. The predicted octanol–water partition coefficient (Wildman–Crippen LogP) is 4.50. The highest BCUT2D eigenvalue weighted by Gasteiger charge is 2.40. The number of rotatable bonds is 8. The van der Waals surface area contributed by atoms with Crippen LogP contribution < -0.4 is 4.74 Å². The lowest BCUT2D eigenvalue weighted by Gasteiger charge is -2.29. The van der Waals surface area contributed by atoms with E-state index in [0.717, 1.165) is 23.3 Å². The van der Waals surface area contributed by atoms with Crippen LogP contribution in [-0.2, 0) is 32.2 Å². The van der Waals surface area contributed by atoms with Crippen molar-refractivity contribution in [1.29, 1.82) is 0 Å². The maximum Gasteiger partial charge on any atom is 0.323 e. The highest BCUT2D eigenvalue weighted by atomic mass is 16.6. The van der Waals surface area contributed by atoms with E-state index in [1.165, 1.54) is 0 Å². The van der Waals surface area contributed by atoms with Gasteiger partial charge in [-0.2, -0.15) is 0 Å². The average Bonchev–Trinajstić information content (AvgIpc) is 3.13. The number of benzene rings is 2. The minimum atomic E-state index is -0.531. The normalized spacial score (nSPS) is 18.9. The molecule has 2 aromatic rings. The lowest BCUT2D eigenvalue weighted by Crippen LogP contribution is -2.42. The van der Waals surface area contributed by atoms with Gasteiger partial charge in [0, 0.05) is 12.6 Å². The monoisotopic (exact) mass is 439 g/mol. The van der Waals surface area contributed by atoms with Crippen molar-refractivity contribution in [1.82, 2.24) is 4.90 Å². The molecule has 1 saturated heterocycles. The van der Waals surface area contributed by atoms with Gasteiger partial charge in [-0.1, -0.05) is 42.5 Å². The Balaban J connectivity index is 1.67. The summed E-state index contributed by atoms with van der Waals surface area (Å²) in [5, 5.41) is 0. The number of likely N-dealkylation sites (tertiary alicyclic amines) is 1. The molecule has 6 nitrogen and oxygen atoms in total. The predicted molar refractivity (Wildman–Crippen MR) is 122 cm³/mol. The molecule has 172 valence electrons. The van der Waals surface area contributed by atoms with Gasteiger partial charge in [0.05, 0.1) is 13.5 Å². The standard InChI is InChI=1S/C26H33NO5/c1-26(2,3)32-24(28)16-21-12-15-23(27(21)17-19-8-6-5-7-9-19)25(29)31-18-20-10-13-22(30-4)14-11-20/h5-11,13-14,21,23H,12,15-18H2,1-4H3/t21-,23+/m1/s1.